The summed E-state index contributed by atoms with van der Waals surface area (Å²) < 4.78 is 1.81. The lowest BCUT2D eigenvalue weighted by molar-refractivity contribution is -0.121. The zero-order valence-corrected chi connectivity index (χ0v) is 12.5. The number of hydrogen-bond donors (Lipinski definition) is 1. The maximum absolute atomic E-state index is 11.7. The van der Waals surface area contributed by atoms with Crippen LogP contribution in [-0.2, 0) is 11.3 Å². The normalized spacial score (nSPS) is 11.2. The fourth-order valence-corrected chi connectivity index (χ4v) is 2.18. The minimum Gasteiger partial charge on any atom is -0.355 e. The third-order valence-corrected chi connectivity index (χ3v) is 3.40. The summed E-state index contributed by atoms with van der Waals surface area (Å²) >= 11 is 6.09. The topological polar surface area (TPSA) is 50.2 Å². The van der Waals surface area contributed by atoms with E-state index in [9.17, 15) is 4.79 Å². The first-order valence-corrected chi connectivity index (χ1v) is 6.97. The van der Waals surface area contributed by atoms with E-state index < -0.39 is 0 Å². The van der Waals surface area contributed by atoms with E-state index in [1.807, 2.05) is 41.9 Å². The second-order valence-electron chi connectivity index (χ2n) is 4.94. The van der Waals surface area contributed by atoms with Gasteiger partial charge >= 0.3 is 0 Å². The summed E-state index contributed by atoms with van der Waals surface area (Å²) in [4.78, 5) is 13.8. The van der Waals surface area contributed by atoms with Gasteiger partial charge in [-0.15, -0.1) is 0 Å². The molecular formula is C14H19ClN4O. The molecule has 20 heavy (non-hydrogen) atoms. The van der Waals surface area contributed by atoms with Crippen LogP contribution in [0.5, 0.6) is 0 Å². The molecule has 6 heteroatoms. The van der Waals surface area contributed by atoms with Crippen molar-refractivity contribution in [3.05, 3.63) is 29.4 Å². The Balaban J connectivity index is 1.90. The van der Waals surface area contributed by atoms with Gasteiger partial charge in [-0.3, -0.25) is 9.48 Å². The van der Waals surface area contributed by atoms with Crippen molar-refractivity contribution in [2.75, 3.05) is 27.2 Å². The summed E-state index contributed by atoms with van der Waals surface area (Å²) in [5, 5.41) is 8.77. The van der Waals surface area contributed by atoms with E-state index in [1.165, 1.54) is 0 Å². The van der Waals surface area contributed by atoms with E-state index in [0.29, 0.717) is 24.5 Å². The lowest BCUT2D eigenvalue weighted by Gasteiger charge is -2.10. The van der Waals surface area contributed by atoms with Gasteiger partial charge in [-0.05, 0) is 26.2 Å². The van der Waals surface area contributed by atoms with Crippen molar-refractivity contribution in [2.45, 2.75) is 13.0 Å². The monoisotopic (exact) mass is 294 g/mol. The molecule has 1 aromatic heterocycles. The van der Waals surface area contributed by atoms with E-state index in [0.717, 1.165) is 17.4 Å². The van der Waals surface area contributed by atoms with Crippen LogP contribution in [0.2, 0.25) is 5.02 Å². The molecule has 1 heterocycles. The van der Waals surface area contributed by atoms with Crippen LogP contribution in [0.25, 0.3) is 10.9 Å². The summed E-state index contributed by atoms with van der Waals surface area (Å²) in [5.74, 6) is 0.0394. The van der Waals surface area contributed by atoms with Crippen LogP contribution in [0.1, 0.15) is 6.42 Å². The van der Waals surface area contributed by atoms with E-state index in [2.05, 4.69) is 10.4 Å². The Hall–Kier alpha value is -1.59. The first-order chi connectivity index (χ1) is 9.58. The molecule has 1 N–H and O–H groups in total. The molecular weight excluding hydrogens is 276 g/mol. The summed E-state index contributed by atoms with van der Waals surface area (Å²) in [6.07, 6.45) is 2.15. The predicted molar refractivity (Wildman–Crippen MR) is 80.9 cm³/mol. The number of aryl methyl sites for hydroxylation is 1. The van der Waals surface area contributed by atoms with Crippen molar-refractivity contribution in [1.82, 2.24) is 20.0 Å². The van der Waals surface area contributed by atoms with Crippen LogP contribution in [0.4, 0.5) is 0 Å². The number of carbonyl (C=O) groups excluding carboxylic acids is 1. The molecule has 1 amide bonds. The minimum atomic E-state index is 0.0394. The van der Waals surface area contributed by atoms with Gasteiger partial charge < -0.3 is 10.2 Å². The highest BCUT2D eigenvalue weighted by molar-refractivity contribution is 6.35. The van der Waals surface area contributed by atoms with E-state index >= 15 is 0 Å². The molecule has 0 aliphatic carbocycles. The average molecular weight is 295 g/mol. The molecule has 0 saturated heterocycles. The van der Waals surface area contributed by atoms with Crippen molar-refractivity contribution in [2.24, 2.45) is 0 Å². The fourth-order valence-electron chi connectivity index (χ4n) is 1.96. The molecule has 5 nitrogen and oxygen atoms in total. The first kappa shape index (κ1) is 14.8. The van der Waals surface area contributed by atoms with E-state index in [1.54, 1.807) is 6.20 Å². The summed E-state index contributed by atoms with van der Waals surface area (Å²) in [5.41, 5.74) is 0.957. The molecule has 0 radical (unpaired) electrons. The molecule has 108 valence electrons. The second kappa shape index (κ2) is 6.72. The summed E-state index contributed by atoms with van der Waals surface area (Å²) in [7, 11) is 3.96. The zero-order valence-electron chi connectivity index (χ0n) is 11.8. The smallest absolute Gasteiger partial charge is 0.221 e. The van der Waals surface area contributed by atoms with Crippen molar-refractivity contribution < 1.29 is 4.79 Å². The van der Waals surface area contributed by atoms with Gasteiger partial charge in [-0.25, -0.2) is 0 Å². The molecule has 0 bridgehead atoms. The highest BCUT2D eigenvalue weighted by atomic mass is 35.5. The van der Waals surface area contributed by atoms with Crippen molar-refractivity contribution >= 4 is 28.4 Å². The van der Waals surface area contributed by atoms with E-state index in [-0.39, 0.29) is 5.91 Å². The number of nitrogens with zero attached hydrogens (tertiary/aromatic N) is 3. The molecule has 0 spiro atoms. The average Bonchev–Trinajstić information content (AvgIpc) is 2.80. The van der Waals surface area contributed by atoms with Gasteiger partial charge in [0.1, 0.15) is 0 Å². The van der Waals surface area contributed by atoms with Gasteiger partial charge in [0.2, 0.25) is 5.91 Å². The standard InChI is InChI=1S/C14H19ClN4O/c1-18(2)9-7-16-14(20)6-8-19-13-5-3-4-12(15)11(13)10-17-19/h3-5,10H,6-9H2,1-2H3,(H,16,20). The zero-order chi connectivity index (χ0) is 14.5. The van der Waals surface area contributed by atoms with Crippen molar-refractivity contribution in [3.63, 3.8) is 0 Å². The number of carbonyl (C=O) groups is 1. The Bertz CT molecular complexity index is 594. The van der Waals surface area contributed by atoms with Gasteiger partial charge in [0.25, 0.3) is 0 Å². The number of rotatable bonds is 6. The number of fused-ring (bicyclic) bond motifs is 1. The summed E-state index contributed by atoms with van der Waals surface area (Å²) in [6.45, 7) is 2.06. The molecule has 0 fully saturated rings. The molecule has 2 aromatic rings. The van der Waals surface area contributed by atoms with Gasteiger partial charge in [0, 0.05) is 24.9 Å². The van der Waals surface area contributed by atoms with Crippen LogP contribution < -0.4 is 5.32 Å². The van der Waals surface area contributed by atoms with Gasteiger partial charge in [0.05, 0.1) is 23.3 Å². The molecule has 0 aliphatic rings. The predicted octanol–water partition coefficient (Wildman–Crippen LogP) is 1.76. The first-order valence-electron chi connectivity index (χ1n) is 6.59. The van der Waals surface area contributed by atoms with Gasteiger partial charge in [-0.2, -0.15) is 5.10 Å². The number of nitrogens with one attached hydrogen (secondary N) is 1. The van der Waals surface area contributed by atoms with Crippen LogP contribution >= 0.6 is 11.6 Å². The summed E-state index contributed by atoms with van der Waals surface area (Å²) in [6, 6.07) is 5.68. The number of likely N-dealkylation sites (N-methyl/N-ethyl adjacent to an activating group) is 1. The number of hydrogen-bond acceptors (Lipinski definition) is 3. The SMILES string of the molecule is CN(C)CCNC(=O)CCn1ncc2c(Cl)cccc21. The quantitative estimate of drug-likeness (QED) is 0.883. The fraction of sp³-hybridized carbons (Fsp3) is 0.429. The number of halogens is 1. The number of benzene rings is 1. The van der Waals surface area contributed by atoms with Crippen LogP contribution in [0.15, 0.2) is 24.4 Å². The Kier molecular flexibility index (Phi) is 4.98. The molecule has 2 rings (SSSR count). The molecule has 0 aliphatic heterocycles. The van der Waals surface area contributed by atoms with Crippen molar-refractivity contribution in [1.29, 1.82) is 0 Å². The second-order valence-corrected chi connectivity index (χ2v) is 5.35. The number of amides is 1. The molecule has 1 aromatic carbocycles. The maximum atomic E-state index is 11.7. The lowest BCUT2D eigenvalue weighted by atomic mass is 10.2. The van der Waals surface area contributed by atoms with Crippen LogP contribution in [-0.4, -0.2) is 47.8 Å². The Morgan fingerprint density at radius 3 is 3.00 bits per heavy atom. The van der Waals surface area contributed by atoms with Gasteiger partial charge in [0.15, 0.2) is 0 Å². The highest BCUT2D eigenvalue weighted by Gasteiger charge is 2.07. The highest BCUT2D eigenvalue weighted by Crippen LogP contribution is 2.22. The Labute approximate surface area is 123 Å². The third-order valence-electron chi connectivity index (χ3n) is 3.07. The Morgan fingerprint density at radius 1 is 1.45 bits per heavy atom. The molecule has 0 unspecified atom stereocenters. The minimum absolute atomic E-state index is 0.0394. The van der Waals surface area contributed by atoms with Crippen LogP contribution in [0.3, 0.4) is 0 Å². The number of aromatic nitrogens is 2. The lowest BCUT2D eigenvalue weighted by Crippen LogP contribution is -2.31. The Morgan fingerprint density at radius 2 is 2.25 bits per heavy atom. The van der Waals surface area contributed by atoms with Crippen LogP contribution in [0, 0.1) is 0 Å². The maximum Gasteiger partial charge on any atom is 0.221 e. The molecule has 0 saturated carbocycles. The molecule has 0 atom stereocenters. The van der Waals surface area contributed by atoms with E-state index in [4.69, 9.17) is 11.6 Å². The largest absolute Gasteiger partial charge is 0.355 e. The van der Waals surface area contributed by atoms with Crippen molar-refractivity contribution in [3.8, 4) is 0 Å². The van der Waals surface area contributed by atoms with Gasteiger partial charge in [-0.1, -0.05) is 17.7 Å². The third kappa shape index (κ3) is 3.71.